The topological polar surface area (TPSA) is 32.3 Å². The molecule has 0 aromatic carbocycles. The van der Waals surface area contributed by atoms with Crippen LogP contribution in [0.1, 0.15) is 45.3 Å². The van der Waals surface area contributed by atoms with Crippen LogP contribution >= 0.6 is 11.3 Å². The first-order chi connectivity index (χ1) is 8.69. The third kappa shape index (κ3) is 2.45. The molecule has 100 valence electrons. The van der Waals surface area contributed by atoms with Crippen molar-refractivity contribution in [2.75, 3.05) is 6.54 Å². The molecule has 0 radical (unpaired) electrons. The molecule has 1 aromatic heterocycles. The summed E-state index contributed by atoms with van der Waals surface area (Å²) in [6.07, 6.45) is 2.31. The lowest BCUT2D eigenvalue weighted by molar-refractivity contribution is -0.131. The highest BCUT2D eigenvalue weighted by Crippen LogP contribution is 2.30. The maximum atomic E-state index is 12.1. The summed E-state index contributed by atoms with van der Waals surface area (Å²) in [6.45, 7) is 7.06. The van der Waals surface area contributed by atoms with Crippen molar-refractivity contribution in [3.05, 3.63) is 22.4 Å². The molecule has 0 aliphatic carbocycles. The summed E-state index contributed by atoms with van der Waals surface area (Å²) in [6, 6.07) is 2.40. The van der Waals surface area contributed by atoms with Crippen molar-refractivity contribution in [1.29, 1.82) is 0 Å². The van der Waals surface area contributed by atoms with Crippen molar-refractivity contribution in [2.45, 2.75) is 45.8 Å². The van der Waals surface area contributed by atoms with Gasteiger partial charge in [-0.15, -0.1) is 0 Å². The quantitative estimate of drug-likeness (QED) is 0.888. The van der Waals surface area contributed by atoms with Crippen LogP contribution in [0.25, 0.3) is 0 Å². The largest absolute Gasteiger partial charge is 0.319 e. The van der Waals surface area contributed by atoms with Crippen molar-refractivity contribution in [1.82, 2.24) is 10.2 Å². The Bertz CT molecular complexity index is 387. The Morgan fingerprint density at radius 1 is 1.50 bits per heavy atom. The monoisotopic (exact) mass is 266 g/mol. The van der Waals surface area contributed by atoms with Crippen molar-refractivity contribution in [3.63, 3.8) is 0 Å². The van der Waals surface area contributed by atoms with Gasteiger partial charge >= 0.3 is 0 Å². The summed E-state index contributed by atoms with van der Waals surface area (Å²) in [5, 5.41) is 7.52. The molecule has 2 unspecified atom stereocenters. The van der Waals surface area contributed by atoms with E-state index in [1.54, 1.807) is 11.3 Å². The van der Waals surface area contributed by atoms with E-state index in [-0.39, 0.29) is 12.1 Å². The lowest BCUT2D eigenvalue weighted by Gasteiger charge is -2.34. The Hall–Kier alpha value is -0.870. The second-order valence-electron chi connectivity index (χ2n) is 4.96. The van der Waals surface area contributed by atoms with Gasteiger partial charge in [0.05, 0.1) is 6.54 Å². The highest BCUT2D eigenvalue weighted by Gasteiger charge is 2.37. The summed E-state index contributed by atoms with van der Waals surface area (Å²) in [5.41, 5.74) is 1.21. The maximum absolute atomic E-state index is 12.1. The fourth-order valence-corrected chi connectivity index (χ4v) is 3.57. The van der Waals surface area contributed by atoms with E-state index in [1.807, 2.05) is 4.90 Å². The number of nitrogens with one attached hydrogen (secondary N) is 1. The Kier molecular flexibility index (Phi) is 4.40. The van der Waals surface area contributed by atoms with Crippen molar-refractivity contribution in [2.24, 2.45) is 5.92 Å². The van der Waals surface area contributed by atoms with Crippen LogP contribution in [0.3, 0.4) is 0 Å². The summed E-state index contributed by atoms with van der Waals surface area (Å²) >= 11 is 1.68. The first-order valence-corrected chi connectivity index (χ1v) is 7.69. The van der Waals surface area contributed by atoms with Crippen LogP contribution in [0.2, 0.25) is 0 Å². The first kappa shape index (κ1) is 13.6. The van der Waals surface area contributed by atoms with Crippen LogP contribution in [0.4, 0.5) is 0 Å². The van der Waals surface area contributed by atoms with Gasteiger partial charge in [0.1, 0.15) is 6.17 Å². The predicted octanol–water partition coefficient (Wildman–Crippen LogP) is 3.00. The average Bonchev–Trinajstić information content (AvgIpc) is 2.98. The fraction of sp³-hybridized carbons (Fsp3) is 0.643. The number of carbonyl (C=O) groups is 1. The van der Waals surface area contributed by atoms with Gasteiger partial charge in [-0.25, -0.2) is 0 Å². The summed E-state index contributed by atoms with van der Waals surface area (Å²) in [4.78, 5) is 14.2. The van der Waals surface area contributed by atoms with Gasteiger partial charge in [0.25, 0.3) is 0 Å². The van der Waals surface area contributed by atoms with Gasteiger partial charge < -0.3 is 4.90 Å². The van der Waals surface area contributed by atoms with E-state index in [1.165, 1.54) is 5.56 Å². The minimum Gasteiger partial charge on any atom is -0.319 e. The number of amides is 1. The van der Waals surface area contributed by atoms with E-state index in [9.17, 15) is 4.79 Å². The van der Waals surface area contributed by atoms with Crippen molar-refractivity contribution in [3.8, 4) is 0 Å². The Balaban J connectivity index is 2.20. The molecule has 2 heterocycles. The standard InChI is InChI=1S/C14H22N2OS/c1-4-11(5-2)10(3)16-13(17)8-15-14(16)12-6-7-18-9-12/h6-7,9-11,14-15H,4-5,8H2,1-3H3. The van der Waals surface area contributed by atoms with Gasteiger partial charge in [0, 0.05) is 6.04 Å². The van der Waals surface area contributed by atoms with E-state index in [0.29, 0.717) is 18.5 Å². The molecule has 1 aromatic rings. The van der Waals surface area contributed by atoms with Crippen LogP contribution in [-0.4, -0.2) is 23.4 Å². The van der Waals surface area contributed by atoms with Gasteiger partial charge in [-0.3, -0.25) is 10.1 Å². The molecule has 1 saturated heterocycles. The molecule has 1 aliphatic heterocycles. The third-order valence-corrected chi connectivity index (χ3v) is 4.74. The van der Waals surface area contributed by atoms with Crippen molar-refractivity contribution >= 4 is 17.2 Å². The van der Waals surface area contributed by atoms with E-state index in [0.717, 1.165) is 12.8 Å². The predicted molar refractivity (Wildman–Crippen MR) is 75.4 cm³/mol. The molecular formula is C14H22N2OS. The zero-order valence-corrected chi connectivity index (χ0v) is 12.2. The molecule has 1 aliphatic rings. The number of hydrogen-bond acceptors (Lipinski definition) is 3. The van der Waals surface area contributed by atoms with E-state index in [2.05, 4.69) is 42.9 Å². The molecular weight excluding hydrogens is 244 g/mol. The molecule has 4 heteroatoms. The van der Waals surface area contributed by atoms with Crippen LogP contribution in [0.5, 0.6) is 0 Å². The molecule has 2 rings (SSSR count). The lowest BCUT2D eigenvalue weighted by Crippen LogP contribution is -2.41. The summed E-state index contributed by atoms with van der Waals surface area (Å²) in [7, 11) is 0. The van der Waals surface area contributed by atoms with Crippen LogP contribution in [0.15, 0.2) is 16.8 Å². The van der Waals surface area contributed by atoms with Gasteiger partial charge in [-0.2, -0.15) is 11.3 Å². The molecule has 0 saturated carbocycles. The van der Waals surface area contributed by atoms with Gasteiger partial charge in [0.15, 0.2) is 0 Å². The van der Waals surface area contributed by atoms with Gasteiger partial charge in [-0.1, -0.05) is 26.7 Å². The molecule has 1 N–H and O–H groups in total. The molecule has 0 bridgehead atoms. The minimum atomic E-state index is 0.0688. The maximum Gasteiger partial charge on any atom is 0.238 e. The lowest BCUT2D eigenvalue weighted by atomic mass is 9.93. The number of hydrogen-bond donors (Lipinski definition) is 1. The second kappa shape index (κ2) is 5.85. The van der Waals surface area contributed by atoms with E-state index >= 15 is 0 Å². The van der Waals surface area contributed by atoms with Crippen LogP contribution in [0, 0.1) is 5.92 Å². The molecule has 1 amide bonds. The number of rotatable bonds is 5. The second-order valence-corrected chi connectivity index (χ2v) is 5.74. The third-order valence-electron chi connectivity index (χ3n) is 4.04. The van der Waals surface area contributed by atoms with E-state index < -0.39 is 0 Å². The normalized spacial score (nSPS) is 21.9. The highest BCUT2D eigenvalue weighted by atomic mass is 32.1. The first-order valence-electron chi connectivity index (χ1n) is 6.75. The molecule has 18 heavy (non-hydrogen) atoms. The zero-order chi connectivity index (χ0) is 13.1. The molecule has 3 nitrogen and oxygen atoms in total. The minimum absolute atomic E-state index is 0.0688. The molecule has 1 fully saturated rings. The average molecular weight is 266 g/mol. The smallest absolute Gasteiger partial charge is 0.238 e. The van der Waals surface area contributed by atoms with E-state index in [4.69, 9.17) is 0 Å². The van der Waals surface area contributed by atoms with Crippen LogP contribution in [-0.2, 0) is 4.79 Å². The number of nitrogens with zero attached hydrogens (tertiary/aromatic N) is 1. The number of thiophene rings is 1. The van der Waals surface area contributed by atoms with Crippen LogP contribution < -0.4 is 5.32 Å². The highest BCUT2D eigenvalue weighted by molar-refractivity contribution is 7.07. The molecule has 2 atom stereocenters. The Morgan fingerprint density at radius 3 is 2.78 bits per heavy atom. The molecule has 0 spiro atoms. The van der Waals surface area contributed by atoms with Crippen molar-refractivity contribution < 1.29 is 4.79 Å². The van der Waals surface area contributed by atoms with Gasteiger partial charge in [-0.05, 0) is 35.2 Å². The Morgan fingerprint density at radius 2 is 2.22 bits per heavy atom. The summed E-state index contributed by atoms with van der Waals surface area (Å²) < 4.78 is 0. The Labute approximate surface area is 113 Å². The summed E-state index contributed by atoms with van der Waals surface area (Å²) in [5.74, 6) is 0.806. The van der Waals surface area contributed by atoms with Gasteiger partial charge in [0.2, 0.25) is 5.91 Å². The SMILES string of the molecule is CCC(CC)C(C)N1C(=O)CNC1c1ccsc1. The number of carbonyl (C=O) groups excluding carboxylic acids is 1. The zero-order valence-electron chi connectivity index (χ0n) is 11.3. The fourth-order valence-electron chi connectivity index (χ4n) is 2.89.